The molecule has 1 saturated carbocycles. The minimum Gasteiger partial charge on any atom is -0.322 e. The Morgan fingerprint density at radius 1 is 1.20 bits per heavy atom. The first-order chi connectivity index (χ1) is 12.1. The van der Waals surface area contributed by atoms with Crippen LogP contribution in [0.4, 0.5) is 5.69 Å². The molecule has 2 atom stereocenters. The van der Waals surface area contributed by atoms with Gasteiger partial charge in [-0.25, -0.2) is 0 Å². The molecule has 0 saturated heterocycles. The van der Waals surface area contributed by atoms with Gasteiger partial charge in [-0.3, -0.25) is 9.89 Å². The predicted molar refractivity (Wildman–Crippen MR) is 102 cm³/mol. The summed E-state index contributed by atoms with van der Waals surface area (Å²) in [5.41, 5.74) is 4.62. The largest absolute Gasteiger partial charge is 0.322 e. The number of amides is 1. The van der Waals surface area contributed by atoms with Crippen LogP contribution in [0.1, 0.15) is 23.6 Å². The van der Waals surface area contributed by atoms with Crippen LogP contribution in [0.5, 0.6) is 0 Å². The van der Waals surface area contributed by atoms with Crippen LogP contribution in [0, 0.1) is 12.8 Å². The number of nitrogens with zero attached hydrogens (tertiary/aromatic N) is 1. The molecular weight excluding hydrogens is 378 g/mol. The molecule has 0 spiro atoms. The summed E-state index contributed by atoms with van der Waals surface area (Å²) < 4.78 is 1.05. The van der Waals surface area contributed by atoms with E-state index in [-0.39, 0.29) is 11.8 Å². The minimum absolute atomic E-state index is 0.0206. The van der Waals surface area contributed by atoms with E-state index < -0.39 is 0 Å². The molecule has 0 radical (unpaired) electrons. The molecule has 0 bridgehead atoms. The van der Waals surface area contributed by atoms with Gasteiger partial charge in [0, 0.05) is 16.0 Å². The number of carbonyl (C=O) groups excluding carboxylic acids is 1. The fourth-order valence-electron chi connectivity index (χ4n) is 3.19. The maximum Gasteiger partial charge on any atom is 0.228 e. The molecule has 4 rings (SSSR count). The zero-order valence-corrected chi connectivity index (χ0v) is 15.4. The summed E-state index contributed by atoms with van der Waals surface area (Å²) in [6.45, 7) is 1.92. The molecule has 1 aromatic heterocycles. The molecule has 1 aliphatic carbocycles. The highest BCUT2D eigenvalue weighted by Crippen LogP contribution is 2.48. The quantitative estimate of drug-likeness (QED) is 0.660. The van der Waals surface area contributed by atoms with Gasteiger partial charge in [0.25, 0.3) is 0 Å². The summed E-state index contributed by atoms with van der Waals surface area (Å²) in [6, 6.07) is 18.1. The molecule has 25 heavy (non-hydrogen) atoms. The van der Waals surface area contributed by atoms with Crippen molar-refractivity contribution in [3.63, 3.8) is 0 Å². The van der Waals surface area contributed by atoms with E-state index in [0.717, 1.165) is 33.5 Å². The molecule has 1 heterocycles. The van der Waals surface area contributed by atoms with Gasteiger partial charge in [-0.1, -0.05) is 58.4 Å². The molecule has 1 fully saturated rings. The Kier molecular flexibility index (Phi) is 4.17. The highest BCUT2D eigenvalue weighted by atomic mass is 79.9. The molecule has 1 aliphatic rings. The van der Waals surface area contributed by atoms with E-state index in [0.29, 0.717) is 5.92 Å². The highest BCUT2D eigenvalue weighted by molar-refractivity contribution is 9.10. The van der Waals surface area contributed by atoms with E-state index in [1.165, 1.54) is 5.56 Å². The monoisotopic (exact) mass is 395 g/mol. The van der Waals surface area contributed by atoms with E-state index >= 15 is 0 Å². The second-order valence-electron chi connectivity index (χ2n) is 6.43. The first-order valence-electron chi connectivity index (χ1n) is 8.30. The van der Waals surface area contributed by atoms with Crippen LogP contribution in [-0.2, 0) is 4.79 Å². The van der Waals surface area contributed by atoms with Gasteiger partial charge in [0.15, 0.2) is 0 Å². The van der Waals surface area contributed by atoms with Crippen LogP contribution in [0.25, 0.3) is 11.3 Å². The number of hydrogen-bond acceptors (Lipinski definition) is 2. The van der Waals surface area contributed by atoms with Crippen LogP contribution in [0.2, 0.25) is 0 Å². The standard InChI is InChI=1S/C20H18BrN3O/c1-12-18(19(24-23-12)13-6-3-2-4-7-13)22-20(25)17-11-16(17)14-8-5-9-15(21)10-14/h2-10,16-17H,11H2,1H3,(H,22,25)(H,23,24). The lowest BCUT2D eigenvalue weighted by molar-refractivity contribution is -0.117. The number of benzene rings is 2. The Hall–Kier alpha value is -2.40. The summed E-state index contributed by atoms with van der Waals surface area (Å²) >= 11 is 3.50. The first kappa shape index (κ1) is 16.1. The van der Waals surface area contributed by atoms with Crippen molar-refractivity contribution in [2.75, 3.05) is 5.32 Å². The number of aromatic nitrogens is 2. The molecule has 3 aromatic rings. The van der Waals surface area contributed by atoms with E-state index in [9.17, 15) is 4.79 Å². The van der Waals surface area contributed by atoms with Crippen molar-refractivity contribution in [1.82, 2.24) is 10.2 Å². The minimum atomic E-state index is 0.0206. The van der Waals surface area contributed by atoms with E-state index in [1.807, 2.05) is 49.4 Å². The van der Waals surface area contributed by atoms with E-state index in [4.69, 9.17) is 0 Å². The van der Waals surface area contributed by atoms with Crippen LogP contribution < -0.4 is 5.32 Å². The Morgan fingerprint density at radius 3 is 2.76 bits per heavy atom. The van der Waals surface area contributed by atoms with Gasteiger partial charge < -0.3 is 5.32 Å². The van der Waals surface area contributed by atoms with Gasteiger partial charge in [0.1, 0.15) is 5.69 Å². The normalized spacial score (nSPS) is 18.8. The van der Waals surface area contributed by atoms with Gasteiger partial charge in [0.2, 0.25) is 5.91 Å². The van der Waals surface area contributed by atoms with Crippen molar-refractivity contribution >= 4 is 27.5 Å². The number of rotatable bonds is 4. The fraction of sp³-hybridized carbons (Fsp3) is 0.200. The van der Waals surface area contributed by atoms with Crippen molar-refractivity contribution in [2.45, 2.75) is 19.3 Å². The molecule has 126 valence electrons. The highest BCUT2D eigenvalue weighted by Gasteiger charge is 2.44. The first-order valence-corrected chi connectivity index (χ1v) is 9.09. The van der Waals surface area contributed by atoms with Crippen LogP contribution in [-0.4, -0.2) is 16.1 Å². The predicted octanol–water partition coefficient (Wildman–Crippen LogP) is 4.89. The van der Waals surface area contributed by atoms with Crippen molar-refractivity contribution < 1.29 is 4.79 Å². The maximum absolute atomic E-state index is 12.7. The zero-order chi connectivity index (χ0) is 17.4. The number of halogens is 1. The third kappa shape index (κ3) is 3.24. The SMILES string of the molecule is Cc1[nH]nc(-c2ccccc2)c1NC(=O)C1CC1c1cccc(Br)c1. The Morgan fingerprint density at radius 2 is 2.00 bits per heavy atom. The molecule has 2 unspecified atom stereocenters. The van der Waals surface area contributed by atoms with Crippen LogP contribution >= 0.6 is 15.9 Å². The van der Waals surface area contributed by atoms with Crippen molar-refractivity contribution in [2.24, 2.45) is 5.92 Å². The van der Waals surface area contributed by atoms with Crippen molar-refractivity contribution in [1.29, 1.82) is 0 Å². The number of aryl methyl sites for hydroxylation is 1. The third-order valence-corrected chi connectivity index (χ3v) is 5.14. The Bertz CT molecular complexity index is 920. The number of anilines is 1. The summed E-state index contributed by atoms with van der Waals surface area (Å²) in [4.78, 5) is 12.7. The lowest BCUT2D eigenvalue weighted by Crippen LogP contribution is -2.15. The smallest absolute Gasteiger partial charge is 0.228 e. The van der Waals surface area contributed by atoms with Gasteiger partial charge in [-0.15, -0.1) is 0 Å². The number of hydrogen-bond donors (Lipinski definition) is 2. The van der Waals surface area contributed by atoms with E-state index in [1.54, 1.807) is 0 Å². The Labute approximate surface area is 154 Å². The second-order valence-corrected chi connectivity index (χ2v) is 7.35. The molecule has 0 aliphatic heterocycles. The summed E-state index contributed by atoms with van der Waals surface area (Å²) in [5, 5.41) is 10.4. The average molecular weight is 396 g/mol. The summed E-state index contributed by atoms with van der Waals surface area (Å²) in [6.07, 6.45) is 0.889. The number of H-pyrrole nitrogens is 1. The molecule has 5 heteroatoms. The molecule has 2 N–H and O–H groups in total. The van der Waals surface area contributed by atoms with Gasteiger partial charge in [-0.2, -0.15) is 5.10 Å². The molecule has 1 amide bonds. The summed E-state index contributed by atoms with van der Waals surface area (Å²) in [5.74, 6) is 0.378. The maximum atomic E-state index is 12.7. The molecule has 2 aromatic carbocycles. The van der Waals surface area contributed by atoms with E-state index in [2.05, 4.69) is 43.6 Å². The number of nitrogens with one attached hydrogen (secondary N) is 2. The number of aromatic amines is 1. The van der Waals surface area contributed by atoms with Crippen LogP contribution in [0.3, 0.4) is 0 Å². The molecular formula is C20H18BrN3O. The Balaban J connectivity index is 1.52. The van der Waals surface area contributed by atoms with Crippen molar-refractivity contribution in [3.05, 3.63) is 70.3 Å². The van der Waals surface area contributed by atoms with Gasteiger partial charge >= 0.3 is 0 Å². The lowest BCUT2D eigenvalue weighted by Gasteiger charge is -2.07. The average Bonchev–Trinajstić information content (AvgIpc) is 3.35. The number of carbonyl (C=O) groups is 1. The van der Waals surface area contributed by atoms with Crippen LogP contribution in [0.15, 0.2) is 59.1 Å². The van der Waals surface area contributed by atoms with Gasteiger partial charge in [0.05, 0.1) is 11.4 Å². The van der Waals surface area contributed by atoms with Gasteiger partial charge in [-0.05, 0) is 37.0 Å². The molecule has 4 nitrogen and oxygen atoms in total. The zero-order valence-electron chi connectivity index (χ0n) is 13.8. The topological polar surface area (TPSA) is 57.8 Å². The second kappa shape index (κ2) is 6.48. The van der Waals surface area contributed by atoms with Crippen molar-refractivity contribution in [3.8, 4) is 11.3 Å². The third-order valence-electron chi connectivity index (χ3n) is 4.65. The fourth-order valence-corrected chi connectivity index (χ4v) is 3.61. The lowest BCUT2D eigenvalue weighted by atomic mass is 10.1. The summed E-state index contributed by atoms with van der Waals surface area (Å²) in [7, 11) is 0.